The summed E-state index contributed by atoms with van der Waals surface area (Å²) in [6.07, 6.45) is 0. The number of hydrogen-bond donors (Lipinski definition) is 0. The lowest BCUT2D eigenvalue weighted by Gasteiger charge is -2.10. The molecule has 14 heavy (non-hydrogen) atoms. The molecule has 0 atom stereocenters. The van der Waals surface area contributed by atoms with E-state index >= 15 is 0 Å². The van der Waals surface area contributed by atoms with Crippen LogP contribution in [0.2, 0.25) is 0 Å². The third-order valence-electron chi connectivity index (χ3n) is 0.746. The summed E-state index contributed by atoms with van der Waals surface area (Å²) in [5.74, 6) is 0. The summed E-state index contributed by atoms with van der Waals surface area (Å²) in [6, 6.07) is 0. The van der Waals surface area contributed by atoms with Gasteiger partial charge in [-0.3, -0.25) is 4.18 Å². The van der Waals surface area contributed by atoms with Crippen LogP contribution in [0.1, 0.15) is 0 Å². The van der Waals surface area contributed by atoms with Gasteiger partial charge in [-0.25, -0.2) is 0 Å². The van der Waals surface area contributed by atoms with Gasteiger partial charge in [0.2, 0.25) is 3.79 Å². The van der Waals surface area contributed by atoms with Crippen molar-refractivity contribution in [3.63, 3.8) is 0 Å². The van der Waals surface area contributed by atoms with E-state index in [0.717, 1.165) is 0 Å². The molecule has 0 radical (unpaired) electrons. The highest BCUT2D eigenvalue weighted by atomic mass is 35.6. The lowest BCUT2D eigenvalue weighted by Crippen LogP contribution is -2.17. The Bertz CT molecular complexity index is 323. The summed E-state index contributed by atoms with van der Waals surface area (Å²) >= 11 is 31.2. The standard InChI is InChI=1S/C4H2Cl6O3S/c5-2(6)3(7)14(11,12)13-1-4(8,9)10/h1H2. The Labute approximate surface area is 111 Å². The minimum Gasteiger partial charge on any atom is -0.261 e. The van der Waals surface area contributed by atoms with Crippen molar-refractivity contribution in [3.8, 4) is 0 Å². The van der Waals surface area contributed by atoms with Crippen LogP contribution < -0.4 is 0 Å². The Morgan fingerprint density at radius 3 is 1.86 bits per heavy atom. The number of halogens is 6. The molecule has 84 valence electrons. The summed E-state index contributed by atoms with van der Waals surface area (Å²) in [4.78, 5) is 0. The molecule has 0 amide bonds. The molecule has 0 aromatic rings. The third kappa shape index (κ3) is 6.08. The zero-order valence-corrected chi connectivity index (χ0v) is 11.5. The predicted molar refractivity (Wildman–Crippen MR) is 59.7 cm³/mol. The Morgan fingerprint density at radius 1 is 1.14 bits per heavy atom. The summed E-state index contributed by atoms with van der Waals surface area (Å²) in [6.45, 7) is -0.697. The minimum atomic E-state index is -4.26. The highest BCUT2D eigenvalue weighted by Gasteiger charge is 2.27. The largest absolute Gasteiger partial charge is 0.310 e. The molecule has 0 aliphatic rings. The Hall–Kier alpha value is 1.39. The highest BCUT2D eigenvalue weighted by molar-refractivity contribution is 7.92. The van der Waals surface area contributed by atoms with E-state index in [1.807, 2.05) is 0 Å². The fraction of sp³-hybridized carbons (Fsp3) is 0.500. The van der Waals surface area contributed by atoms with Crippen LogP contribution in [0.5, 0.6) is 0 Å². The Morgan fingerprint density at radius 2 is 1.57 bits per heavy atom. The van der Waals surface area contributed by atoms with Crippen LogP contribution in [0.3, 0.4) is 0 Å². The molecule has 0 spiro atoms. The second kappa shape index (κ2) is 5.64. The van der Waals surface area contributed by atoms with Gasteiger partial charge in [0.25, 0.3) is 0 Å². The van der Waals surface area contributed by atoms with Crippen molar-refractivity contribution in [1.82, 2.24) is 0 Å². The van der Waals surface area contributed by atoms with Gasteiger partial charge in [0, 0.05) is 0 Å². The summed E-state index contributed by atoms with van der Waals surface area (Å²) in [5.41, 5.74) is 0. The maximum atomic E-state index is 11.1. The van der Waals surface area contributed by atoms with E-state index in [-0.39, 0.29) is 0 Å². The summed E-state index contributed by atoms with van der Waals surface area (Å²) in [7, 11) is -4.26. The summed E-state index contributed by atoms with van der Waals surface area (Å²) < 4.78 is 23.0. The fourth-order valence-electron chi connectivity index (χ4n) is 0.291. The molecule has 10 heteroatoms. The van der Waals surface area contributed by atoms with Crippen molar-refractivity contribution in [2.75, 3.05) is 6.61 Å². The average molecular weight is 343 g/mol. The molecule has 0 N–H and O–H groups in total. The topological polar surface area (TPSA) is 43.4 Å². The molecule has 3 nitrogen and oxygen atoms in total. The van der Waals surface area contributed by atoms with Crippen molar-refractivity contribution in [1.29, 1.82) is 0 Å². The van der Waals surface area contributed by atoms with Gasteiger partial charge in [-0.2, -0.15) is 8.42 Å². The van der Waals surface area contributed by atoms with Gasteiger partial charge in [-0.1, -0.05) is 69.6 Å². The van der Waals surface area contributed by atoms with Crippen molar-refractivity contribution in [2.45, 2.75) is 3.79 Å². The van der Waals surface area contributed by atoms with Crippen LogP contribution >= 0.6 is 69.6 Å². The molecule has 0 bridgehead atoms. The molecule has 0 aromatic heterocycles. The van der Waals surface area contributed by atoms with E-state index in [9.17, 15) is 8.42 Å². The maximum Gasteiger partial charge on any atom is 0.310 e. The predicted octanol–water partition coefficient (Wildman–Crippen LogP) is 3.55. The molecule has 0 fully saturated rings. The zero-order valence-electron chi connectivity index (χ0n) is 6.11. The molecule has 0 aliphatic heterocycles. The number of rotatable bonds is 3. The van der Waals surface area contributed by atoms with Crippen LogP contribution in [-0.4, -0.2) is 18.8 Å². The second-order valence-electron chi connectivity index (χ2n) is 1.87. The molecule has 0 rings (SSSR count). The molecule has 0 saturated carbocycles. The van der Waals surface area contributed by atoms with Gasteiger partial charge in [0.1, 0.15) is 11.1 Å². The van der Waals surface area contributed by atoms with Crippen molar-refractivity contribution in [2.24, 2.45) is 0 Å². The first-order valence-corrected chi connectivity index (χ1v) is 6.41. The SMILES string of the molecule is O=S(=O)(OCC(Cl)(Cl)Cl)C(Cl)=C(Cl)Cl. The monoisotopic (exact) mass is 340 g/mol. The molecule has 0 unspecified atom stereocenters. The molecular weight excluding hydrogens is 341 g/mol. The van der Waals surface area contributed by atoms with E-state index in [1.165, 1.54) is 0 Å². The lowest BCUT2D eigenvalue weighted by molar-refractivity contribution is 0.331. The van der Waals surface area contributed by atoms with Gasteiger partial charge in [0.05, 0.1) is 0 Å². The fourth-order valence-corrected chi connectivity index (χ4v) is 1.97. The van der Waals surface area contributed by atoms with E-state index in [1.54, 1.807) is 0 Å². The first-order valence-electron chi connectivity index (χ1n) is 2.73. The van der Waals surface area contributed by atoms with E-state index in [4.69, 9.17) is 69.6 Å². The van der Waals surface area contributed by atoms with E-state index < -0.39 is 29.4 Å². The molecular formula is C4H2Cl6O3S. The third-order valence-corrected chi connectivity index (χ3v) is 3.70. The quantitative estimate of drug-likeness (QED) is 0.582. The van der Waals surface area contributed by atoms with Crippen LogP contribution in [0.4, 0.5) is 0 Å². The van der Waals surface area contributed by atoms with Crippen LogP contribution in [-0.2, 0) is 14.3 Å². The van der Waals surface area contributed by atoms with Gasteiger partial charge in [0.15, 0.2) is 4.36 Å². The van der Waals surface area contributed by atoms with E-state index in [0.29, 0.717) is 0 Å². The van der Waals surface area contributed by atoms with Gasteiger partial charge in [-0.15, -0.1) is 0 Å². The lowest BCUT2D eigenvalue weighted by atomic mass is 10.9. The first-order chi connectivity index (χ1) is 6.06. The normalized spacial score (nSPS) is 12.7. The maximum absolute atomic E-state index is 11.1. The molecule has 0 heterocycles. The minimum absolute atomic E-state index is 0.656. The highest BCUT2D eigenvalue weighted by Crippen LogP contribution is 2.30. The number of alkyl halides is 3. The Balaban J connectivity index is 4.63. The smallest absolute Gasteiger partial charge is 0.261 e. The second-order valence-corrected chi connectivity index (χ2v) is 7.49. The van der Waals surface area contributed by atoms with Crippen molar-refractivity contribution < 1.29 is 12.6 Å². The van der Waals surface area contributed by atoms with Gasteiger partial charge in [-0.05, 0) is 0 Å². The first kappa shape index (κ1) is 15.4. The number of hydrogen-bond acceptors (Lipinski definition) is 3. The Kier molecular flexibility index (Phi) is 6.20. The van der Waals surface area contributed by atoms with Crippen LogP contribution in [0, 0.1) is 0 Å². The zero-order chi connectivity index (χ0) is 11.6. The average Bonchev–Trinajstić information content (AvgIpc) is 1.98. The molecule has 0 saturated heterocycles. The van der Waals surface area contributed by atoms with Gasteiger partial charge < -0.3 is 0 Å². The van der Waals surface area contributed by atoms with E-state index in [2.05, 4.69) is 4.18 Å². The summed E-state index contributed by atoms with van der Waals surface area (Å²) in [5, 5.41) is 0. The van der Waals surface area contributed by atoms with Crippen LogP contribution in [0.15, 0.2) is 8.86 Å². The van der Waals surface area contributed by atoms with Crippen LogP contribution in [0.25, 0.3) is 0 Å². The van der Waals surface area contributed by atoms with Crippen molar-refractivity contribution >= 4 is 79.7 Å². The van der Waals surface area contributed by atoms with Gasteiger partial charge >= 0.3 is 10.1 Å². The molecule has 0 aliphatic carbocycles. The van der Waals surface area contributed by atoms with Crippen molar-refractivity contribution in [3.05, 3.63) is 8.86 Å². The molecule has 0 aromatic carbocycles.